The van der Waals surface area contributed by atoms with Crippen molar-refractivity contribution in [2.75, 3.05) is 11.9 Å². The Morgan fingerprint density at radius 2 is 2.12 bits per heavy atom. The van der Waals surface area contributed by atoms with Crippen LogP contribution in [0.4, 0.5) is 5.82 Å². The molecule has 1 fully saturated rings. The summed E-state index contributed by atoms with van der Waals surface area (Å²) in [6.45, 7) is 4.23. The molecule has 2 aromatic heterocycles. The fourth-order valence-corrected chi connectivity index (χ4v) is 5.60. The van der Waals surface area contributed by atoms with Gasteiger partial charge in [-0.1, -0.05) is 34.6 Å². The lowest BCUT2D eigenvalue weighted by Gasteiger charge is -2.15. The first kappa shape index (κ1) is 24.7. The van der Waals surface area contributed by atoms with Gasteiger partial charge in [0.15, 0.2) is 0 Å². The van der Waals surface area contributed by atoms with E-state index >= 15 is 0 Å². The van der Waals surface area contributed by atoms with Gasteiger partial charge in [-0.25, -0.2) is 15.1 Å². The van der Waals surface area contributed by atoms with Gasteiger partial charge in [0.25, 0.3) is 0 Å². The predicted molar refractivity (Wildman–Crippen MR) is 136 cm³/mol. The number of hydrogen-bond acceptors (Lipinski definition) is 8. The number of benzene rings is 1. The van der Waals surface area contributed by atoms with E-state index in [-0.39, 0.29) is 24.3 Å². The molecular formula is C23H23BrN4O4S2. The number of halogens is 1. The fourth-order valence-electron chi connectivity index (χ4n) is 3.94. The van der Waals surface area contributed by atoms with Gasteiger partial charge < -0.3 is 5.32 Å². The van der Waals surface area contributed by atoms with Gasteiger partial charge in [0.1, 0.15) is 12.1 Å². The average molecular weight is 563 g/mol. The minimum absolute atomic E-state index is 0.0331. The molecule has 0 aliphatic heterocycles. The fraction of sp³-hybridized carbons (Fsp3) is 0.261. The highest BCUT2D eigenvalue weighted by Crippen LogP contribution is 2.32. The van der Waals surface area contributed by atoms with Gasteiger partial charge in [-0.05, 0) is 65.5 Å². The van der Waals surface area contributed by atoms with E-state index in [1.165, 1.54) is 23.9 Å². The van der Waals surface area contributed by atoms with E-state index in [2.05, 4.69) is 37.8 Å². The largest absolute Gasteiger partial charge is 0.367 e. The zero-order valence-corrected chi connectivity index (χ0v) is 21.3. The van der Waals surface area contributed by atoms with Crippen LogP contribution >= 0.6 is 27.3 Å². The monoisotopic (exact) mass is 562 g/mol. The quantitative estimate of drug-likeness (QED) is 0.370. The number of rotatable bonds is 9. The van der Waals surface area contributed by atoms with Crippen molar-refractivity contribution in [2.45, 2.75) is 25.3 Å². The number of nitrogens with zero attached hydrogens (tertiary/aromatic N) is 2. The summed E-state index contributed by atoms with van der Waals surface area (Å²) in [6, 6.07) is 9.72. The third-order valence-electron chi connectivity index (χ3n) is 5.65. The number of aromatic nitrogens is 2. The summed E-state index contributed by atoms with van der Waals surface area (Å²) in [5, 5.41) is 10.2. The molecule has 0 saturated heterocycles. The molecule has 34 heavy (non-hydrogen) atoms. The number of hydrogen-bond donors (Lipinski definition) is 2. The van der Waals surface area contributed by atoms with E-state index < -0.39 is 10.3 Å². The smallest absolute Gasteiger partial charge is 0.333 e. The predicted octanol–water partition coefficient (Wildman–Crippen LogP) is 4.39. The van der Waals surface area contributed by atoms with Crippen LogP contribution in [0, 0.1) is 5.92 Å². The van der Waals surface area contributed by atoms with Crippen LogP contribution < -0.4 is 10.5 Å². The Bertz CT molecular complexity index is 1330. The minimum Gasteiger partial charge on any atom is -0.367 e. The van der Waals surface area contributed by atoms with Crippen molar-refractivity contribution in [1.82, 2.24) is 9.97 Å². The molecule has 1 aliphatic carbocycles. The van der Waals surface area contributed by atoms with Gasteiger partial charge in [-0.3, -0.25) is 8.98 Å². The van der Waals surface area contributed by atoms with Gasteiger partial charge in [0, 0.05) is 16.7 Å². The summed E-state index contributed by atoms with van der Waals surface area (Å²) in [7, 11) is -3.95. The average Bonchev–Trinajstić information content (AvgIpc) is 3.47. The van der Waals surface area contributed by atoms with Crippen molar-refractivity contribution in [2.24, 2.45) is 11.1 Å². The first-order valence-corrected chi connectivity index (χ1v) is 13.7. The van der Waals surface area contributed by atoms with Gasteiger partial charge >= 0.3 is 10.3 Å². The topological polar surface area (TPSA) is 124 Å². The number of nitrogens with two attached hydrogens (primary N) is 1. The number of ketones is 1. The van der Waals surface area contributed by atoms with Gasteiger partial charge in [0.2, 0.25) is 5.78 Å². The maximum absolute atomic E-state index is 13.3. The highest BCUT2D eigenvalue weighted by atomic mass is 79.9. The molecule has 1 aromatic carbocycles. The molecule has 2 atom stereocenters. The van der Waals surface area contributed by atoms with Crippen molar-refractivity contribution in [3.63, 3.8) is 0 Å². The van der Waals surface area contributed by atoms with E-state index in [1.807, 2.05) is 35.7 Å². The summed E-state index contributed by atoms with van der Waals surface area (Å²) in [5.74, 6) is 0.341. The number of carbonyl (C=O) groups is 1. The number of anilines is 1. The summed E-state index contributed by atoms with van der Waals surface area (Å²) in [5.41, 5.74) is 3.07. The van der Waals surface area contributed by atoms with E-state index in [1.54, 1.807) is 0 Å². The molecule has 2 heterocycles. The minimum atomic E-state index is -3.95. The van der Waals surface area contributed by atoms with Crippen LogP contribution in [0.1, 0.15) is 45.6 Å². The molecule has 0 unspecified atom stereocenters. The van der Waals surface area contributed by atoms with Crippen LogP contribution in [-0.2, 0) is 14.5 Å². The van der Waals surface area contributed by atoms with Gasteiger partial charge in [-0.15, -0.1) is 11.3 Å². The van der Waals surface area contributed by atoms with Crippen LogP contribution in [-0.4, -0.2) is 36.8 Å². The second-order valence-corrected chi connectivity index (χ2v) is 11.1. The first-order valence-electron chi connectivity index (χ1n) is 10.5. The Kier molecular flexibility index (Phi) is 7.58. The molecule has 1 aliphatic rings. The van der Waals surface area contributed by atoms with Crippen molar-refractivity contribution >= 4 is 54.7 Å². The highest BCUT2D eigenvalue weighted by molar-refractivity contribution is 9.10. The summed E-state index contributed by atoms with van der Waals surface area (Å²) in [4.78, 5) is 22.2. The van der Waals surface area contributed by atoms with E-state index in [0.717, 1.165) is 34.0 Å². The normalized spacial score (nSPS) is 18.1. The Labute approximate surface area is 210 Å². The van der Waals surface area contributed by atoms with Crippen LogP contribution in [0.5, 0.6) is 0 Å². The molecule has 11 heteroatoms. The number of carbonyl (C=O) groups excluding carboxylic acids is 1. The summed E-state index contributed by atoms with van der Waals surface area (Å²) < 4.78 is 27.8. The van der Waals surface area contributed by atoms with Crippen LogP contribution in [0.25, 0.3) is 5.57 Å². The Morgan fingerprint density at radius 3 is 2.88 bits per heavy atom. The third kappa shape index (κ3) is 6.16. The summed E-state index contributed by atoms with van der Waals surface area (Å²) >= 11 is 4.82. The van der Waals surface area contributed by atoms with Crippen molar-refractivity contribution in [1.29, 1.82) is 0 Å². The lowest BCUT2D eigenvalue weighted by molar-refractivity contribution is 0.104. The zero-order valence-electron chi connectivity index (χ0n) is 18.1. The van der Waals surface area contributed by atoms with Gasteiger partial charge in [0.05, 0.1) is 17.0 Å². The number of thiophene rings is 1. The Hall–Kier alpha value is -2.44. The first-order chi connectivity index (χ1) is 16.2. The standard InChI is InChI=1S/C23H23BrN4O4S2/c1-14(16-3-2-4-18(24)8-16)17-9-21(33-12-17)22(29)20-10-26-13-27-23(20)28-19-6-5-15(7-19)11-32-34(25,30)31/h2-4,8-10,12-13,15,19H,1,5-7,11H2,(H2,25,30,31)(H,26,27,28)/t15-,19+/m1/s1. The maximum atomic E-state index is 13.3. The van der Waals surface area contributed by atoms with Crippen LogP contribution in [0.3, 0.4) is 0 Å². The molecule has 3 aromatic rings. The lowest BCUT2D eigenvalue weighted by Crippen LogP contribution is -2.22. The Balaban J connectivity index is 1.46. The molecule has 8 nitrogen and oxygen atoms in total. The van der Waals surface area contributed by atoms with Crippen molar-refractivity contribution in [3.8, 4) is 0 Å². The molecule has 3 N–H and O–H groups in total. The van der Waals surface area contributed by atoms with E-state index in [9.17, 15) is 13.2 Å². The van der Waals surface area contributed by atoms with Crippen molar-refractivity contribution in [3.05, 3.63) is 80.9 Å². The molecule has 4 rings (SSSR count). The molecule has 178 valence electrons. The van der Waals surface area contributed by atoms with E-state index in [4.69, 9.17) is 9.32 Å². The Morgan fingerprint density at radius 1 is 1.29 bits per heavy atom. The van der Waals surface area contributed by atoms with Crippen molar-refractivity contribution < 1.29 is 17.4 Å². The molecule has 0 radical (unpaired) electrons. The SMILES string of the molecule is C=C(c1cccc(Br)c1)c1csc(C(=O)c2cncnc2N[C@H]2CC[C@@H](COS(N)(=O)=O)C2)c1. The number of nitrogens with one attached hydrogen (secondary N) is 1. The van der Waals surface area contributed by atoms with Gasteiger partial charge in [-0.2, -0.15) is 8.42 Å². The molecule has 0 amide bonds. The molecule has 1 saturated carbocycles. The molecule has 0 bridgehead atoms. The molecule has 0 spiro atoms. The second kappa shape index (κ2) is 10.4. The lowest BCUT2D eigenvalue weighted by atomic mass is 10.0. The second-order valence-electron chi connectivity index (χ2n) is 8.10. The van der Waals surface area contributed by atoms with E-state index in [0.29, 0.717) is 22.7 Å². The molecular weight excluding hydrogens is 540 g/mol. The maximum Gasteiger partial charge on any atom is 0.333 e. The zero-order chi connectivity index (χ0) is 24.3. The van der Waals surface area contributed by atoms with Crippen LogP contribution in [0.2, 0.25) is 0 Å². The summed E-state index contributed by atoms with van der Waals surface area (Å²) in [6.07, 6.45) is 5.17. The third-order valence-corrected chi connectivity index (χ3v) is 7.54. The van der Waals surface area contributed by atoms with Crippen LogP contribution in [0.15, 0.2) is 59.3 Å². The highest BCUT2D eigenvalue weighted by Gasteiger charge is 2.28.